The summed E-state index contributed by atoms with van der Waals surface area (Å²) in [6, 6.07) is 10.7. The molecule has 1 saturated heterocycles. The second-order valence-electron chi connectivity index (χ2n) is 10.8. The summed E-state index contributed by atoms with van der Waals surface area (Å²) in [4.78, 5) is 42.4. The van der Waals surface area contributed by atoms with Gasteiger partial charge in [-0.3, -0.25) is 14.4 Å². The van der Waals surface area contributed by atoms with Gasteiger partial charge in [-0.1, -0.05) is 0 Å². The summed E-state index contributed by atoms with van der Waals surface area (Å²) in [5.74, 6) is -0.276. The van der Waals surface area contributed by atoms with Gasteiger partial charge in [-0.25, -0.2) is 0 Å². The molecule has 2 aromatic rings. The molecule has 2 amide bonds. The molecule has 2 heterocycles. The number of nitrogens with zero attached hydrogens (tertiary/aromatic N) is 1. The third kappa shape index (κ3) is 6.33. The van der Waals surface area contributed by atoms with E-state index in [0.717, 1.165) is 29.0 Å². The topological polar surface area (TPSA) is 97.0 Å². The molecule has 2 N–H and O–H groups in total. The highest BCUT2D eigenvalue weighted by molar-refractivity contribution is 7.17. The van der Waals surface area contributed by atoms with Crippen molar-refractivity contribution in [3.8, 4) is 16.2 Å². The first-order valence-corrected chi connectivity index (χ1v) is 13.6. The standard InChI is InChI=1S/C28H37N3O5S/c1-28(2,3)30-18-8-11-22(20(16-18)27(34)36-5)31-15-14-21(26(31)33)29-25(32)24-13-12-23(37-24)17-6-9-19(35-4)10-7-17/h6-7,9-10,12-13,18,20-22,30H,8,11,14-16H2,1-5H3,(H,29,32)/t18-,20-,21+,22+/m1/s1. The molecule has 1 aliphatic carbocycles. The number of thiophene rings is 1. The Kier molecular flexibility index (Phi) is 8.23. The fraction of sp³-hybridized carbons (Fsp3) is 0.536. The lowest BCUT2D eigenvalue weighted by Crippen LogP contribution is -2.55. The van der Waals surface area contributed by atoms with Crippen molar-refractivity contribution in [1.29, 1.82) is 0 Å². The third-order valence-corrected chi connectivity index (χ3v) is 8.24. The maximum Gasteiger partial charge on any atom is 0.310 e. The van der Waals surface area contributed by atoms with Gasteiger partial charge in [0.25, 0.3) is 5.91 Å². The van der Waals surface area contributed by atoms with Gasteiger partial charge in [0.15, 0.2) is 0 Å². The zero-order valence-corrected chi connectivity index (χ0v) is 23.0. The van der Waals surface area contributed by atoms with E-state index < -0.39 is 6.04 Å². The number of hydrogen-bond donors (Lipinski definition) is 2. The van der Waals surface area contributed by atoms with Crippen molar-refractivity contribution in [2.45, 2.75) is 70.1 Å². The Hall–Kier alpha value is -2.91. The first-order chi connectivity index (χ1) is 17.6. The van der Waals surface area contributed by atoms with Gasteiger partial charge in [0.05, 0.1) is 25.0 Å². The fourth-order valence-corrected chi connectivity index (χ4v) is 6.36. The largest absolute Gasteiger partial charge is 0.497 e. The van der Waals surface area contributed by atoms with Crippen molar-refractivity contribution >= 4 is 29.1 Å². The summed E-state index contributed by atoms with van der Waals surface area (Å²) in [7, 11) is 3.02. The molecule has 2 aliphatic rings. The van der Waals surface area contributed by atoms with Gasteiger partial charge in [0.1, 0.15) is 11.8 Å². The minimum Gasteiger partial charge on any atom is -0.497 e. The molecule has 4 rings (SSSR count). The van der Waals surface area contributed by atoms with E-state index in [1.54, 1.807) is 18.1 Å². The number of carbonyl (C=O) groups excluding carboxylic acids is 3. The van der Waals surface area contributed by atoms with Crippen LogP contribution in [0.2, 0.25) is 0 Å². The van der Waals surface area contributed by atoms with Crippen LogP contribution in [-0.2, 0) is 14.3 Å². The minimum absolute atomic E-state index is 0.0634. The molecule has 1 aromatic carbocycles. The number of likely N-dealkylation sites (tertiary alicyclic amines) is 1. The van der Waals surface area contributed by atoms with Gasteiger partial charge in [0, 0.05) is 29.0 Å². The van der Waals surface area contributed by atoms with E-state index in [1.165, 1.54) is 18.4 Å². The second-order valence-corrected chi connectivity index (χ2v) is 11.9. The molecule has 1 aliphatic heterocycles. The maximum atomic E-state index is 13.4. The Morgan fingerprint density at radius 1 is 1.03 bits per heavy atom. The third-order valence-electron chi connectivity index (χ3n) is 7.10. The molecule has 200 valence electrons. The molecular weight excluding hydrogens is 490 g/mol. The van der Waals surface area contributed by atoms with Crippen LogP contribution >= 0.6 is 11.3 Å². The van der Waals surface area contributed by atoms with Gasteiger partial charge in [-0.2, -0.15) is 0 Å². The highest BCUT2D eigenvalue weighted by Crippen LogP contribution is 2.34. The highest BCUT2D eigenvalue weighted by atomic mass is 32.1. The molecule has 0 radical (unpaired) electrons. The van der Waals surface area contributed by atoms with Crippen LogP contribution in [0.1, 0.15) is 56.1 Å². The predicted molar refractivity (Wildman–Crippen MR) is 144 cm³/mol. The zero-order chi connectivity index (χ0) is 26.7. The van der Waals surface area contributed by atoms with E-state index >= 15 is 0 Å². The predicted octanol–water partition coefficient (Wildman–Crippen LogP) is 3.85. The van der Waals surface area contributed by atoms with Crippen LogP contribution in [0.3, 0.4) is 0 Å². The van der Waals surface area contributed by atoms with E-state index in [9.17, 15) is 14.4 Å². The smallest absolute Gasteiger partial charge is 0.310 e. The molecule has 1 saturated carbocycles. The number of methoxy groups -OCH3 is 2. The lowest BCUT2D eigenvalue weighted by atomic mass is 9.80. The summed E-state index contributed by atoms with van der Waals surface area (Å²) in [6.45, 7) is 6.84. The molecule has 2 fully saturated rings. The van der Waals surface area contributed by atoms with Gasteiger partial charge in [-0.05, 0) is 88.4 Å². The van der Waals surface area contributed by atoms with Crippen LogP contribution in [0, 0.1) is 5.92 Å². The second kappa shape index (κ2) is 11.2. The molecule has 0 unspecified atom stereocenters. The van der Waals surface area contributed by atoms with Crippen molar-refractivity contribution in [1.82, 2.24) is 15.5 Å². The number of nitrogens with one attached hydrogen (secondary N) is 2. The summed E-state index contributed by atoms with van der Waals surface area (Å²) < 4.78 is 10.3. The van der Waals surface area contributed by atoms with E-state index in [0.29, 0.717) is 24.3 Å². The van der Waals surface area contributed by atoms with Crippen LogP contribution in [0.25, 0.3) is 10.4 Å². The van der Waals surface area contributed by atoms with E-state index in [4.69, 9.17) is 9.47 Å². The van der Waals surface area contributed by atoms with E-state index in [1.807, 2.05) is 30.3 Å². The number of hydrogen-bond acceptors (Lipinski definition) is 7. The Bertz CT molecular complexity index is 1120. The molecule has 1 aromatic heterocycles. The molecular formula is C28H37N3O5S. The van der Waals surface area contributed by atoms with Gasteiger partial charge >= 0.3 is 5.97 Å². The first kappa shape index (κ1) is 27.1. The van der Waals surface area contributed by atoms with Crippen LogP contribution in [0.4, 0.5) is 0 Å². The lowest BCUT2D eigenvalue weighted by molar-refractivity contribution is -0.151. The van der Waals surface area contributed by atoms with Gasteiger partial charge < -0.3 is 25.0 Å². The van der Waals surface area contributed by atoms with Crippen LogP contribution < -0.4 is 15.4 Å². The molecule has 37 heavy (non-hydrogen) atoms. The molecule has 9 heteroatoms. The van der Waals surface area contributed by atoms with Crippen LogP contribution in [-0.4, -0.2) is 67.1 Å². The van der Waals surface area contributed by atoms with Gasteiger partial charge in [-0.15, -0.1) is 11.3 Å². The lowest BCUT2D eigenvalue weighted by Gasteiger charge is -2.41. The Morgan fingerprint density at radius 2 is 1.76 bits per heavy atom. The highest BCUT2D eigenvalue weighted by Gasteiger charge is 2.45. The molecule has 0 bridgehead atoms. The van der Waals surface area contributed by atoms with E-state index in [-0.39, 0.29) is 41.3 Å². The number of benzene rings is 1. The van der Waals surface area contributed by atoms with Gasteiger partial charge in [0.2, 0.25) is 5.91 Å². The fourth-order valence-electron chi connectivity index (χ4n) is 5.44. The summed E-state index contributed by atoms with van der Waals surface area (Å²) >= 11 is 1.39. The monoisotopic (exact) mass is 527 g/mol. The van der Waals surface area contributed by atoms with Crippen molar-refractivity contribution < 1.29 is 23.9 Å². The van der Waals surface area contributed by atoms with Crippen LogP contribution in [0.5, 0.6) is 5.75 Å². The van der Waals surface area contributed by atoms with Crippen LogP contribution in [0.15, 0.2) is 36.4 Å². The maximum absolute atomic E-state index is 13.4. The van der Waals surface area contributed by atoms with Crippen molar-refractivity contribution in [2.75, 3.05) is 20.8 Å². The average molecular weight is 528 g/mol. The first-order valence-electron chi connectivity index (χ1n) is 12.8. The summed E-state index contributed by atoms with van der Waals surface area (Å²) in [5.41, 5.74) is 0.935. The Balaban J connectivity index is 1.40. The van der Waals surface area contributed by atoms with Crippen molar-refractivity contribution in [2.24, 2.45) is 5.92 Å². The molecule has 4 atom stereocenters. The van der Waals surface area contributed by atoms with E-state index in [2.05, 4.69) is 31.4 Å². The Labute approximate surface area is 222 Å². The number of esters is 1. The van der Waals surface area contributed by atoms with Crippen molar-refractivity contribution in [3.63, 3.8) is 0 Å². The quantitative estimate of drug-likeness (QED) is 0.531. The number of ether oxygens (including phenoxy) is 2. The normalized spacial score (nSPS) is 24.1. The minimum atomic E-state index is -0.595. The summed E-state index contributed by atoms with van der Waals surface area (Å²) in [6.07, 6.45) is 2.74. The number of carbonyl (C=O) groups is 3. The number of amides is 2. The average Bonchev–Trinajstić information content (AvgIpc) is 3.50. The Morgan fingerprint density at radius 3 is 2.41 bits per heavy atom. The molecule has 8 nitrogen and oxygen atoms in total. The zero-order valence-electron chi connectivity index (χ0n) is 22.2. The SMILES string of the molecule is COC(=O)[C@@H]1C[C@H](NC(C)(C)C)CC[C@@H]1N1CC[C@H](NC(=O)c2ccc(-c3ccc(OC)cc3)s2)C1=O. The molecule has 0 spiro atoms. The van der Waals surface area contributed by atoms with Crippen molar-refractivity contribution in [3.05, 3.63) is 41.3 Å². The summed E-state index contributed by atoms with van der Waals surface area (Å²) in [5, 5.41) is 6.52. The number of rotatable bonds is 7.